The summed E-state index contributed by atoms with van der Waals surface area (Å²) in [6.45, 7) is 4.07. The largest absolute Gasteiger partial charge is 0.481 e. The molecule has 0 amide bonds. The molecule has 1 aliphatic carbocycles. The van der Waals surface area contributed by atoms with Gasteiger partial charge in [0.1, 0.15) is 5.82 Å². The first kappa shape index (κ1) is 12.3. The molecule has 2 N–H and O–H groups in total. The van der Waals surface area contributed by atoms with Crippen molar-refractivity contribution in [1.29, 1.82) is 0 Å². The molecule has 0 saturated heterocycles. The van der Waals surface area contributed by atoms with Gasteiger partial charge >= 0.3 is 0 Å². The summed E-state index contributed by atoms with van der Waals surface area (Å²) < 4.78 is 5.36. The van der Waals surface area contributed by atoms with Crippen molar-refractivity contribution in [2.24, 2.45) is 5.73 Å². The summed E-state index contributed by atoms with van der Waals surface area (Å²) in [5, 5.41) is 0. The molecule has 1 fully saturated rings. The van der Waals surface area contributed by atoms with Crippen LogP contribution < -0.4 is 10.5 Å². The van der Waals surface area contributed by atoms with E-state index < -0.39 is 0 Å². The van der Waals surface area contributed by atoms with Crippen LogP contribution in [0.5, 0.6) is 5.88 Å². The molecule has 1 aromatic rings. The van der Waals surface area contributed by atoms with E-state index in [1.165, 1.54) is 0 Å². The van der Waals surface area contributed by atoms with Crippen LogP contribution >= 0.6 is 0 Å². The number of nitrogens with zero attached hydrogens (tertiary/aromatic N) is 2. The smallest absolute Gasteiger partial charge is 0.219 e. The quantitative estimate of drug-likeness (QED) is 0.845. The van der Waals surface area contributed by atoms with E-state index in [1.807, 2.05) is 13.8 Å². The van der Waals surface area contributed by atoms with Crippen molar-refractivity contribution in [1.82, 2.24) is 9.97 Å². The molecule has 4 nitrogen and oxygen atoms in total. The zero-order valence-corrected chi connectivity index (χ0v) is 10.9. The Morgan fingerprint density at radius 2 is 2.06 bits per heavy atom. The normalized spacial score (nSPS) is 16.9. The van der Waals surface area contributed by atoms with E-state index in [2.05, 4.69) is 9.97 Å². The summed E-state index contributed by atoms with van der Waals surface area (Å²) in [4.78, 5) is 8.91. The number of aryl methyl sites for hydroxylation is 2. The summed E-state index contributed by atoms with van der Waals surface area (Å²) in [7, 11) is 1.67. The van der Waals surface area contributed by atoms with Gasteiger partial charge in [0.15, 0.2) is 0 Å². The van der Waals surface area contributed by atoms with Gasteiger partial charge < -0.3 is 10.5 Å². The second kappa shape index (κ2) is 4.61. The van der Waals surface area contributed by atoms with Crippen LogP contribution in [0, 0.1) is 6.92 Å². The van der Waals surface area contributed by atoms with Gasteiger partial charge in [0.2, 0.25) is 5.88 Å². The average Bonchev–Trinajstić information content (AvgIpc) is 3.05. The molecular weight excluding hydrogens is 214 g/mol. The first-order valence-corrected chi connectivity index (χ1v) is 6.27. The SMILES string of the molecule is CCc1nc(C)c(CCC2(N)CC2)c(OC)n1. The van der Waals surface area contributed by atoms with Crippen LogP contribution in [0.1, 0.15) is 43.3 Å². The molecule has 0 spiro atoms. The van der Waals surface area contributed by atoms with E-state index in [-0.39, 0.29) is 5.54 Å². The Kier molecular flexibility index (Phi) is 3.33. The van der Waals surface area contributed by atoms with Crippen molar-refractivity contribution >= 4 is 0 Å². The fourth-order valence-electron chi connectivity index (χ4n) is 2.02. The van der Waals surface area contributed by atoms with Crippen LogP contribution in [0.3, 0.4) is 0 Å². The molecule has 1 aromatic heterocycles. The Morgan fingerprint density at radius 1 is 1.35 bits per heavy atom. The fourth-order valence-corrected chi connectivity index (χ4v) is 2.02. The molecule has 1 saturated carbocycles. The van der Waals surface area contributed by atoms with Crippen molar-refractivity contribution in [3.63, 3.8) is 0 Å². The molecule has 1 heterocycles. The van der Waals surface area contributed by atoms with E-state index in [1.54, 1.807) is 7.11 Å². The highest BCUT2D eigenvalue weighted by atomic mass is 16.5. The van der Waals surface area contributed by atoms with E-state index >= 15 is 0 Å². The standard InChI is InChI=1S/C13H21N3O/c1-4-11-15-9(2)10(12(16-11)17-3)5-6-13(14)7-8-13/h4-8,14H2,1-3H3. The summed E-state index contributed by atoms with van der Waals surface area (Å²) in [5.41, 5.74) is 8.32. The van der Waals surface area contributed by atoms with Crippen molar-refractivity contribution < 1.29 is 4.74 Å². The Morgan fingerprint density at radius 3 is 2.59 bits per heavy atom. The highest BCUT2D eigenvalue weighted by Gasteiger charge is 2.37. The van der Waals surface area contributed by atoms with Crippen molar-refractivity contribution in [3.8, 4) is 5.88 Å². The van der Waals surface area contributed by atoms with Crippen LogP contribution in [0.25, 0.3) is 0 Å². The number of ether oxygens (including phenoxy) is 1. The molecule has 0 radical (unpaired) electrons. The van der Waals surface area contributed by atoms with Crippen LogP contribution in [0.2, 0.25) is 0 Å². The van der Waals surface area contributed by atoms with Gasteiger partial charge in [-0.15, -0.1) is 0 Å². The third kappa shape index (κ3) is 2.75. The lowest BCUT2D eigenvalue weighted by Crippen LogP contribution is -2.22. The predicted molar refractivity (Wildman–Crippen MR) is 67.2 cm³/mol. The van der Waals surface area contributed by atoms with Crippen LogP contribution in [-0.4, -0.2) is 22.6 Å². The molecule has 0 bridgehead atoms. The van der Waals surface area contributed by atoms with Gasteiger partial charge in [-0.1, -0.05) is 6.92 Å². The molecule has 0 unspecified atom stereocenters. The van der Waals surface area contributed by atoms with Gasteiger partial charge in [-0.25, -0.2) is 4.98 Å². The monoisotopic (exact) mass is 235 g/mol. The van der Waals surface area contributed by atoms with Gasteiger partial charge in [0, 0.05) is 23.2 Å². The van der Waals surface area contributed by atoms with Crippen LogP contribution in [-0.2, 0) is 12.8 Å². The lowest BCUT2D eigenvalue weighted by molar-refractivity contribution is 0.386. The third-order valence-corrected chi connectivity index (χ3v) is 3.50. The summed E-state index contributed by atoms with van der Waals surface area (Å²) in [6.07, 6.45) is 5.03. The van der Waals surface area contributed by atoms with E-state index in [0.29, 0.717) is 0 Å². The number of methoxy groups -OCH3 is 1. The molecule has 1 aliphatic rings. The summed E-state index contributed by atoms with van der Waals surface area (Å²) in [6, 6.07) is 0. The summed E-state index contributed by atoms with van der Waals surface area (Å²) in [5.74, 6) is 1.57. The molecule has 17 heavy (non-hydrogen) atoms. The predicted octanol–water partition coefficient (Wildman–Crippen LogP) is 1.78. The lowest BCUT2D eigenvalue weighted by Gasteiger charge is -2.13. The van der Waals surface area contributed by atoms with E-state index in [9.17, 15) is 0 Å². The Labute approximate surface area is 103 Å². The maximum Gasteiger partial charge on any atom is 0.219 e. The number of aromatic nitrogens is 2. The van der Waals surface area contributed by atoms with Gasteiger partial charge in [0.25, 0.3) is 0 Å². The zero-order chi connectivity index (χ0) is 12.5. The van der Waals surface area contributed by atoms with Crippen molar-refractivity contribution in [2.45, 2.75) is 51.5 Å². The topological polar surface area (TPSA) is 61.0 Å². The maximum absolute atomic E-state index is 6.11. The molecule has 4 heteroatoms. The number of hydrogen-bond donors (Lipinski definition) is 1. The lowest BCUT2D eigenvalue weighted by atomic mass is 10.0. The Hall–Kier alpha value is -1.16. The fraction of sp³-hybridized carbons (Fsp3) is 0.692. The zero-order valence-electron chi connectivity index (χ0n) is 10.9. The van der Waals surface area contributed by atoms with Gasteiger partial charge in [-0.3, -0.25) is 0 Å². The van der Waals surface area contributed by atoms with Gasteiger partial charge in [0.05, 0.1) is 7.11 Å². The van der Waals surface area contributed by atoms with Crippen molar-refractivity contribution in [2.75, 3.05) is 7.11 Å². The second-order valence-electron chi connectivity index (χ2n) is 4.93. The molecule has 2 rings (SSSR count). The van der Waals surface area contributed by atoms with Gasteiger partial charge in [-0.05, 0) is 32.6 Å². The molecule has 0 aromatic carbocycles. The number of rotatable bonds is 5. The molecule has 0 atom stereocenters. The van der Waals surface area contributed by atoms with E-state index in [4.69, 9.17) is 10.5 Å². The molecule has 94 valence electrons. The summed E-state index contributed by atoms with van der Waals surface area (Å²) >= 11 is 0. The second-order valence-corrected chi connectivity index (χ2v) is 4.93. The van der Waals surface area contributed by atoms with Gasteiger partial charge in [-0.2, -0.15) is 4.98 Å². The first-order chi connectivity index (χ1) is 8.08. The highest BCUT2D eigenvalue weighted by Crippen LogP contribution is 2.37. The Bertz CT molecular complexity index is 413. The minimum Gasteiger partial charge on any atom is -0.481 e. The first-order valence-electron chi connectivity index (χ1n) is 6.27. The van der Waals surface area contributed by atoms with Crippen LogP contribution in [0.4, 0.5) is 0 Å². The van der Waals surface area contributed by atoms with E-state index in [0.717, 1.165) is 55.1 Å². The molecular formula is C13H21N3O. The Balaban J connectivity index is 2.18. The number of hydrogen-bond acceptors (Lipinski definition) is 4. The van der Waals surface area contributed by atoms with Crippen LogP contribution in [0.15, 0.2) is 0 Å². The highest BCUT2D eigenvalue weighted by molar-refractivity contribution is 5.31. The average molecular weight is 235 g/mol. The van der Waals surface area contributed by atoms with Crippen molar-refractivity contribution in [3.05, 3.63) is 17.1 Å². The minimum atomic E-state index is 0.0703. The maximum atomic E-state index is 6.11. The minimum absolute atomic E-state index is 0.0703. The number of nitrogens with two attached hydrogens (primary N) is 1. The third-order valence-electron chi connectivity index (χ3n) is 3.50. The molecule has 0 aliphatic heterocycles.